The van der Waals surface area contributed by atoms with Gasteiger partial charge in [0.1, 0.15) is 11.4 Å². The lowest BCUT2D eigenvalue weighted by atomic mass is 10.1. The fourth-order valence-corrected chi connectivity index (χ4v) is 1.51. The molecule has 0 radical (unpaired) electrons. The molecule has 0 saturated heterocycles. The molecule has 0 aliphatic carbocycles. The van der Waals surface area contributed by atoms with Crippen molar-refractivity contribution in [2.75, 3.05) is 7.05 Å². The second kappa shape index (κ2) is 3.42. The van der Waals surface area contributed by atoms with E-state index in [-0.39, 0.29) is 11.9 Å². The fourth-order valence-electron chi connectivity index (χ4n) is 1.51. The van der Waals surface area contributed by atoms with Gasteiger partial charge in [0.05, 0.1) is 6.26 Å². The Morgan fingerprint density at radius 2 is 2.21 bits per heavy atom. The van der Waals surface area contributed by atoms with E-state index in [1.165, 1.54) is 12.1 Å². The highest BCUT2D eigenvalue weighted by atomic mass is 19.1. The Kier molecular flexibility index (Phi) is 2.25. The summed E-state index contributed by atoms with van der Waals surface area (Å²) in [5.74, 6) is -0.233. The van der Waals surface area contributed by atoms with Crippen molar-refractivity contribution in [3.05, 3.63) is 35.8 Å². The molecule has 3 heteroatoms. The van der Waals surface area contributed by atoms with Crippen molar-refractivity contribution in [2.24, 2.45) is 0 Å². The molecule has 14 heavy (non-hydrogen) atoms. The number of nitrogens with one attached hydrogen (secondary N) is 1. The molecule has 1 unspecified atom stereocenters. The van der Waals surface area contributed by atoms with Crippen molar-refractivity contribution < 1.29 is 8.81 Å². The molecule has 0 fully saturated rings. The molecule has 0 bridgehead atoms. The zero-order valence-electron chi connectivity index (χ0n) is 8.17. The topological polar surface area (TPSA) is 25.2 Å². The van der Waals surface area contributed by atoms with Crippen LogP contribution >= 0.6 is 0 Å². The average molecular weight is 193 g/mol. The van der Waals surface area contributed by atoms with Crippen molar-refractivity contribution in [1.29, 1.82) is 0 Å². The fraction of sp³-hybridized carbons (Fsp3) is 0.273. The number of benzene rings is 1. The number of hydrogen-bond donors (Lipinski definition) is 1. The van der Waals surface area contributed by atoms with Gasteiger partial charge < -0.3 is 9.73 Å². The summed E-state index contributed by atoms with van der Waals surface area (Å²) in [6.45, 7) is 2.01. The lowest BCUT2D eigenvalue weighted by Crippen LogP contribution is -2.11. The molecule has 1 aromatic heterocycles. The minimum Gasteiger partial charge on any atom is -0.464 e. The van der Waals surface area contributed by atoms with Gasteiger partial charge in [-0.15, -0.1) is 0 Å². The molecular formula is C11H12FNO. The lowest BCUT2D eigenvalue weighted by Gasteiger charge is -2.06. The third-order valence-corrected chi connectivity index (χ3v) is 2.46. The zero-order valence-corrected chi connectivity index (χ0v) is 8.17. The van der Waals surface area contributed by atoms with Gasteiger partial charge in [-0.25, -0.2) is 4.39 Å². The number of furan rings is 1. The minimum absolute atomic E-state index is 0.165. The summed E-state index contributed by atoms with van der Waals surface area (Å²) in [6.07, 6.45) is 1.67. The number of hydrogen-bond acceptors (Lipinski definition) is 2. The summed E-state index contributed by atoms with van der Waals surface area (Å²) in [6, 6.07) is 4.72. The van der Waals surface area contributed by atoms with Gasteiger partial charge >= 0.3 is 0 Å². The lowest BCUT2D eigenvalue weighted by molar-refractivity contribution is 0.587. The van der Waals surface area contributed by atoms with E-state index >= 15 is 0 Å². The summed E-state index contributed by atoms with van der Waals surface area (Å²) in [5.41, 5.74) is 1.71. The van der Waals surface area contributed by atoms with Crippen molar-refractivity contribution in [3.63, 3.8) is 0 Å². The van der Waals surface area contributed by atoms with Gasteiger partial charge in [-0.05, 0) is 32.2 Å². The van der Waals surface area contributed by atoms with Crippen molar-refractivity contribution >= 4 is 11.0 Å². The Morgan fingerprint density at radius 1 is 1.43 bits per heavy atom. The maximum Gasteiger partial charge on any atom is 0.134 e. The van der Waals surface area contributed by atoms with Crippen molar-refractivity contribution in [1.82, 2.24) is 5.32 Å². The highest BCUT2D eigenvalue weighted by Gasteiger charge is 2.11. The van der Waals surface area contributed by atoms with Crippen molar-refractivity contribution in [2.45, 2.75) is 13.0 Å². The Morgan fingerprint density at radius 3 is 2.93 bits per heavy atom. The molecule has 0 aliphatic rings. The van der Waals surface area contributed by atoms with E-state index in [1.807, 2.05) is 14.0 Å². The maximum atomic E-state index is 13.0. The van der Waals surface area contributed by atoms with Gasteiger partial charge in [0, 0.05) is 17.0 Å². The number of fused-ring (bicyclic) bond motifs is 1. The minimum atomic E-state index is -0.233. The second-order valence-electron chi connectivity index (χ2n) is 3.34. The molecule has 0 saturated carbocycles. The normalized spacial score (nSPS) is 13.4. The molecule has 2 rings (SSSR count). The smallest absolute Gasteiger partial charge is 0.134 e. The van der Waals surface area contributed by atoms with Crippen LogP contribution in [0.5, 0.6) is 0 Å². The zero-order chi connectivity index (χ0) is 10.1. The highest BCUT2D eigenvalue weighted by molar-refractivity contribution is 5.81. The summed E-state index contributed by atoms with van der Waals surface area (Å²) < 4.78 is 18.3. The van der Waals surface area contributed by atoms with E-state index in [0.717, 1.165) is 16.5 Å². The van der Waals surface area contributed by atoms with Crippen LogP contribution in [-0.4, -0.2) is 7.05 Å². The molecule has 0 amide bonds. The van der Waals surface area contributed by atoms with Crippen LogP contribution in [0.4, 0.5) is 4.39 Å². The molecule has 0 spiro atoms. The van der Waals surface area contributed by atoms with Gasteiger partial charge in [0.15, 0.2) is 0 Å². The van der Waals surface area contributed by atoms with E-state index < -0.39 is 0 Å². The first kappa shape index (κ1) is 9.21. The third-order valence-electron chi connectivity index (χ3n) is 2.46. The maximum absolute atomic E-state index is 13.0. The summed E-state index contributed by atoms with van der Waals surface area (Å²) in [5, 5.41) is 3.94. The SMILES string of the molecule is CNC(C)c1coc2ccc(F)cc12. The predicted octanol–water partition coefficient (Wildman–Crippen LogP) is 2.85. The predicted molar refractivity (Wildman–Crippen MR) is 53.6 cm³/mol. The summed E-state index contributed by atoms with van der Waals surface area (Å²) in [7, 11) is 1.86. The highest BCUT2D eigenvalue weighted by Crippen LogP contribution is 2.26. The monoisotopic (exact) mass is 193 g/mol. The van der Waals surface area contributed by atoms with E-state index in [4.69, 9.17) is 4.42 Å². The third kappa shape index (κ3) is 1.40. The van der Waals surface area contributed by atoms with E-state index in [1.54, 1.807) is 12.3 Å². The number of rotatable bonds is 2. The number of halogens is 1. The van der Waals surface area contributed by atoms with Crippen LogP contribution in [0.2, 0.25) is 0 Å². The first-order valence-electron chi connectivity index (χ1n) is 4.56. The van der Waals surface area contributed by atoms with E-state index in [9.17, 15) is 4.39 Å². The molecule has 74 valence electrons. The molecule has 1 aromatic carbocycles. The van der Waals surface area contributed by atoms with Crippen LogP contribution in [0.1, 0.15) is 18.5 Å². The first-order valence-corrected chi connectivity index (χ1v) is 4.56. The second-order valence-corrected chi connectivity index (χ2v) is 3.34. The molecule has 0 aliphatic heterocycles. The van der Waals surface area contributed by atoms with Gasteiger partial charge in [-0.3, -0.25) is 0 Å². The Bertz CT molecular complexity index is 449. The quantitative estimate of drug-likeness (QED) is 0.793. The molecule has 2 aromatic rings. The Hall–Kier alpha value is -1.35. The molecular weight excluding hydrogens is 181 g/mol. The van der Waals surface area contributed by atoms with Crippen LogP contribution in [0.3, 0.4) is 0 Å². The standard InChI is InChI=1S/C11H12FNO/c1-7(13-2)10-6-14-11-4-3-8(12)5-9(10)11/h3-7,13H,1-2H3. The first-order chi connectivity index (χ1) is 6.72. The van der Waals surface area contributed by atoms with Crippen LogP contribution in [0.15, 0.2) is 28.9 Å². The largest absolute Gasteiger partial charge is 0.464 e. The summed E-state index contributed by atoms with van der Waals surface area (Å²) >= 11 is 0. The van der Waals surface area contributed by atoms with Crippen LogP contribution in [-0.2, 0) is 0 Å². The molecule has 1 heterocycles. The average Bonchev–Trinajstić information content (AvgIpc) is 2.59. The van der Waals surface area contributed by atoms with Crippen LogP contribution < -0.4 is 5.32 Å². The Labute approximate surface area is 81.7 Å². The Balaban J connectivity index is 2.61. The van der Waals surface area contributed by atoms with Crippen molar-refractivity contribution in [3.8, 4) is 0 Å². The molecule has 1 atom stereocenters. The summed E-state index contributed by atoms with van der Waals surface area (Å²) in [4.78, 5) is 0. The van der Waals surface area contributed by atoms with Gasteiger partial charge in [-0.1, -0.05) is 0 Å². The van der Waals surface area contributed by atoms with Crippen LogP contribution in [0, 0.1) is 5.82 Å². The van der Waals surface area contributed by atoms with E-state index in [2.05, 4.69) is 5.32 Å². The molecule has 2 nitrogen and oxygen atoms in total. The van der Waals surface area contributed by atoms with Gasteiger partial charge in [0.2, 0.25) is 0 Å². The van der Waals surface area contributed by atoms with E-state index in [0.29, 0.717) is 0 Å². The molecule has 1 N–H and O–H groups in total. The van der Waals surface area contributed by atoms with Gasteiger partial charge in [-0.2, -0.15) is 0 Å². The van der Waals surface area contributed by atoms with Crippen LogP contribution in [0.25, 0.3) is 11.0 Å². The van der Waals surface area contributed by atoms with Gasteiger partial charge in [0.25, 0.3) is 0 Å².